The monoisotopic (exact) mass is 401 g/mol. The van der Waals surface area contributed by atoms with E-state index in [1.165, 1.54) is 0 Å². The highest BCUT2D eigenvalue weighted by molar-refractivity contribution is 5.78. The summed E-state index contributed by atoms with van der Waals surface area (Å²) in [4.78, 5) is 24.8. The highest BCUT2D eigenvalue weighted by Gasteiger charge is 2.24. The lowest BCUT2D eigenvalue weighted by molar-refractivity contribution is -0.125. The fraction of sp³-hybridized carbons (Fsp3) is 0.609. The van der Waals surface area contributed by atoms with Crippen molar-refractivity contribution < 1.29 is 14.3 Å². The zero-order valence-corrected chi connectivity index (χ0v) is 18.4. The van der Waals surface area contributed by atoms with Crippen molar-refractivity contribution in [1.82, 2.24) is 10.6 Å². The number of carbonyl (C=O) groups is 2. The van der Waals surface area contributed by atoms with Gasteiger partial charge in [-0.05, 0) is 58.1 Å². The number of allylic oxidation sites excluding steroid dienone is 2. The van der Waals surface area contributed by atoms with Crippen LogP contribution in [0.2, 0.25) is 0 Å². The summed E-state index contributed by atoms with van der Waals surface area (Å²) in [5, 5.41) is 15.1. The molecule has 0 bridgehead atoms. The Morgan fingerprint density at radius 3 is 2.69 bits per heavy atom. The maximum atomic E-state index is 12.5. The molecule has 0 saturated carbocycles. The lowest BCUT2D eigenvalue weighted by Crippen LogP contribution is -2.41. The number of nitrogens with one attached hydrogen (secondary N) is 2. The van der Waals surface area contributed by atoms with Gasteiger partial charge in [-0.25, -0.2) is 4.79 Å². The number of nitriles is 1. The minimum absolute atomic E-state index is 0.0443. The van der Waals surface area contributed by atoms with Crippen molar-refractivity contribution in [2.75, 3.05) is 0 Å². The van der Waals surface area contributed by atoms with E-state index in [1.54, 1.807) is 6.08 Å². The molecule has 3 atom stereocenters. The molecule has 6 heteroatoms. The SMILES string of the molecule is C=C/C1=C\C(=C/C)[C@@H](NC(=O)OC(C)(C)C)CCC[C@@H](C)C(=O)N[C@@H](CC#N)C1. The van der Waals surface area contributed by atoms with Gasteiger partial charge in [0.1, 0.15) is 5.60 Å². The molecule has 0 saturated heterocycles. The molecule has 160 valence electrons. The molecule has 6 nitrogen and oxygen atoms in total. The van der Waals surface area contributed by atoms with Gasteiger partial charge in [-0.1, -0.05) is 38.2 Å². The van der Waals surface area contributed by atoms with E-state index in [1.807, 2.05) is 46.8 Å². The summed E-state index contributed by atoms with van der Waals surface area (Å²) in [6, 6.07) is 1.65. The topological polar surface area (TPSA) is 91.2 Å². The van der Waals surface area contributed by atoms with Crippen LogP contribution in [0.15, 0.2) is 36.0 Å². The number of hydrogen-bond acceptors (Lipinski definition) is 4. The van der Waals surface area contributed by atoms with E-state index in [-0.39, 0.29) is 30.3 Å². The molecule has 1 aliphatic rings. The first-order chi connectivity index (χ1) is 13.6. The first-order valence-corrected chi connectivity index (χ1v) is 10.3. The average Bonchev–Trinajstić information content (AvgIpc) is 2.61. The first kappa shape index (κ1) is 24.5. The fourth-order valence-corrected chi connectivity index (χ4v) is 3.24. The number of hydrogen-bond donors (Lipinski definition) is 2. The van der Waals surface area contributed by atoms with E-state index < -0.39 is 11.7 Å². The molecule has 1 heterocycles. The second-order valence-electron chi connectivity index (χ2n) is 8.51. The summed E-state index contributed by atoms with van der Waals surface area (Å²) in [6.45, 7) is 13.2. The van der Waals surface area contributed by atoms with E-state index in [0.717, 1.165) is 17.6 Å². The van der Waals surface area contributed by atoms with Crippen molar-refractivity contribution in [2.45, 2.75) is 84.4 Å². The van der Waals surface area contributed by atoms with Gasteiger partial charge in [0, 0.05) is 12.0 Å². The van der Waals surface area contributed by atoms with Gasteiger partial charge in [0.2, 0.25) is 5.91 Å². The minimum atomic E-state index is -0.579. The van der Waals surface area contributed by atoms with E-state index in [2.05, 4.69) is 23.3 Å². The Labute approximate surface area is 175 Å². The van der Waals surface area contributed by atoms with Crippen LogP contribution in [0.4, 0.5) is 4.79 Å². The van der Waals surface area contributed by atoms with Crippen molar-refractivity contribution in [1.29, 1.82) is 5.26 Å². The van der Waals surface area contributed by atoms with E-state index in [4.69, 9.17) is 10.00 Å². The lowest BCUT2D eigenvalue weighted by atomic mass is 9.92. The van der Waals surface area contributed by atoms with Gasteiger partial charge in [0.05, 0.1) is 18.5 Å². The van der Waals surface area contributed by atoms with Gasteiger partial charge >= 0.3 is 6.09 Å². The van der Waals surface area contributed by atoms with Crippen LogP contribution in [0.5, 0.6) is 0 Å². The van der Waals surface area contributed by atoms with Crippen molar-refractivity contribution in [3.63, 3.8) is 0 Å². The third-order valence-electron chi connectivity index (χ3n) is 4.78. The van der Waals surface area contributed by atoms with Crippen molar-refractivity contribution in [2.24, 2.45) is 5.92 Å². The van der Waals surface area contributed by atoms with Crippen LogP contribution in [-0.2, 0) is 9.53 Å². The molecular formula is C23H35N3O3. The minimum Gasteiger partial charge on any atom is -0.444 e. The van der Waals surface area contributed by atoms with Gasteiger partial charge in [0.15, 0.2) is 0 Å². The molecule has 0 aromatic heterocycles. The van der Waals surface area contributed by atoms with Crippen LogP contribution in [0.3, 0.4) is 0 Å². The van der Waals surface area contributed by atoms with Crippen LogP contribution < -0.4 is 10.6 Å². The van der Waals surface area contributed by atoms with E-state index >= 15 is 0 Å². The van der Waals surface area contributed by atoms with Gasteiger partial charge in [0.25, 0.3) is 0 Å². The molecule has 1 aliphatic heterocycles. The Bertz CT molecular complexity index is 695. The van der Waals surface area contributed by atoms with Gasteiger partial charge in [-0.3, -0.25) is 4.79 Å². The van der Waals surface area contributed by atoms with E-state index in [9.17, 15) is 9.59 Å². The van der Waals surface area contributed by atoms with Crippen LogP contribution in [-0.4, -0.2) is 29.7 Å². The summed E-state index contributed by atoms with van der Waals surface area (Å²) in [6.07, 6.45) is 8.13. The predicted octanol–water partition coefficient (Wildman–Crippen LogP) is 4.55. The van der Waals surface area contributed by atoms with Crippen molar-refractivity contribution in [3.8, 4) is 6.07 Å². The predicted molar refractivity (Wildman–Crippen MR) is 115 cm³/mol. The number of alkyl carbamates (subject to hydrolysis) is 1. The highest BCUT2D eigenvalue weighted by atomic mass is 16.6. The Hall–Kier alpha value is -2.55. The maximum Gasteiger partial charge on any atom is 0.408 e. The Morgan fingerprint density at radius 1 is 1.45 bits per heavy atom. The molecule has 0 spiro atoms. The molecule has 1 rings (SSSR count). The molecule has 0 fully saturated rings. The largest absolute Gasteiger partial charge is 0.444 e. The molecular weight excluding hydrogens is 366 g/mol. The third-order valence-corrected chi connectivity index (χ3v) is 4.78. The molecule has 2 amide bonds. The van der Waals surface area contributed by atoms with Crippen LogP contribution in [0.25, 0.3) is 0 Å². The molecule has 0 aromatic rings. The number of amides is 2. The molecule has 2 N–H and O–H groups in total. The molecule has 0 aromatic carbocycles. The third kappa shape index (κ3) is 8.99. The highest BCUT2D eigenvalue weighted by Crippen LogP contribution is 2.21. The van der Waals surface area contributed by atoms with Gasteiger partial charge in [-0.2, -0.15) is 5.26 Å². The average molecular weight is 402 g/mol. The van der Waals surface area contributed by atoms with E-state index in [0.29, 0.717) is 19.3 Å². The van der Waals surface area contributed by atoms with Crippen molar-refractivity contribution in [3.05, 3.63) is 36.0 Å². The number of ether oxygens (including phenoxy) is 1. The lowest BCUT2D eigenvalue weighted by Gasteiger charge is -2.26. The van der Waals surface area contributed by atoms with Gasteiger partial charge < -0.3 is 15.4 Å². The van der Waals surface area contributed by atoms with Crippen LogP contribution in [0, 0.1) is 17.2 Å². The zero-order valence-electron chi connectivity index (χ0n) is 18.4. The number of rotatable bonds is 3. The summed E-state index contributed by atoms with van der Waals surface area (Å²) in [5.41, 5.74) is 1.29. The first-order valence-electron chi connectivity index (χ1n) is 10.3. The quantitative estimate of drug-likeness (QED) is 0.726. The Morgan fingerprint density at radius 2 is 2.14 bits per heavy atom. The number of carbonyl (C=O) groups excluding carboxylic acids is 2. The summed E-state index contributed by atoms with van der Waals surface area (Å²) >= 11 is 0. The van der Waals surface area contributed by atoms with Crippen LogP contribution >= 0.6 is 0 Å². The maximum absolute atomic E-state index is 12.5. The summed E-state index contributed by atoms with van der Waals surface area (Å²) < 4.78 is 5.43. The molecule has 0 radical (unpaired) electrons. The fourth-order valence-electron chi connectivity index (χ4n) is 3.24. The van der Waals surface area contributed by atoms with Crippen molar-refractivity contribution >= 4 is 12.0 Å². The number of nitrogens with zero attached hydrogens (tertiary/aromatic N) is 1. The standard InChI is InChI=1S/C23H35N3O3/c1-7-17-14-18(8-2)20(26-22(28)29-23(4,5)6)11-9-10-16(3)21(27)25-19(15-17)12-13-24/h7-8,14,16,19-20H,1,9-12,15H2,2-6H3,(H,25,27)(H,26,28)/b17-14+,18-8+/t16-,19+,20+/m1/s1. The van der Waals surface area contributed by atoms with Crippen LogP contribution in [0.1, 0.15) is 66.7 Å². The molecule has 0 unspecified atom stereocenters. The Balaban J connectivity index is 3.18. The molecule has 29 heavy (non-hydrogen) atoms. The summed E-state index contributed by atoms with van der Waals surface area (Å²) in [5.74, 6) is -0.208. The van der Waals surface area contributed by atoms with Gasteiger partial charge in [-0.15, -0.1) is 0 Å². The molecule has 0 aliphatic carbocycles. The Kier molecular flexibility index (Phi) is 9.67. The second-order valence-corrected chi connectivity index (χ2v) is 8.51. The zero-order chi connectivity index (χ0) is 22.0. The second kappa shape index (κ2) is 11.5. The smallest absolute Gasteiger partial charge is 0.408 e. The summed E-state index contributed by atoms with van der Waals surface area (Å²) in [7, 11) is 0. The normalized spacial score (nSPS) is 27.3.